The van der Waals surface area contributed by atoms with Gasteiger partial charge in [-0.1, -0.05) is 41.6 Å². The molecule has 0 aliphatic carbocycles. The molecule has 2 aromatic carbocycles. The van der Waals surface area contributed by atoms with E-state index in [1.54, 1.807) is 12.1 Å². The third kappa shape index (κ3) is 3.68. The predicted molar refractivity (Wildman–Crippen MR) is 98.1 cm³/mol. The van der Waals surface area contributed by atoms with Crippen molar-refractivity contribution in [2.75, 3.05) is 13.1 Å². The Balaban J connectivity index is 1.47. The number of benzene rings is 2. The fourth-order valence-electron chi connectivity index (χ4n) is 3.57. The maximum atomic E-state index is 13.4. The van der Waals surface area contributed by atoms with E-state index in [4.69, 9.17) is 4.52 Å². The summed E-state index contributed by atoms with van der Waals surface area (Å²) in [5, 5.41) is 4.05. The lowest BCUT2D eigenvalue weighted by Gasteiger charge is -2.31. The normalized spacial score (nSPS) is 18.2. The number of halogens is 1. The quantitative estimate of drug-likeness (QED) is 0.691. The largest absolute Gasteiger partial charge is 0.339 e. The molecule has 1 aromatic heterocycles. The second-order valence-electron chi connectivity index (χ2n) is 6.97. The van der Waals surface area contributed by atoms with Crippen LogP contribution in [0.5, 0.6) is 0 Å². The van der Waals surface area contributed by atoms with Crippen LogP contribution in [-0.4, -0.2) is 28.1 Å². The van der Waals surface area contributed by atoms with Crippen LogP contribution in [0.4, 0.5) is 4.39 Å². The van der Waals surface area contributed by atoms with Crippen LogP contribution < -0.4 is 0 Å². The lowest BCUT2D eigenvalue weighted by atomic mass is 9.97. The molecule has 0 amide bonds. The topological polar surface area (TPSA) is 42.2 Å². The number of aromatic nitrogens is 2. The highest BCUT2D eigenvalue weighted by molar-refractivity contribution is 5.53. The first kappa shape index (κ1) is 16.9. The van der Waals surface area contributed by atoms with Gasteiger partial charge < -0.3 is 4.52 Å². The number of hydrogen-bond acceptors (Lipinski definition) is 4. The first-order valence-electron chi connectivity index (χ1n) is 9.05. The van der Waals surface area contributed by atoms with Crippen LogP contribution in [-0.2, 0) is 6.54 Å². The lowest BCUT2D eigenvalue weighted by Crippen LogP contribution is -2.34. The molecule has 1 aliphatic rings. The van der Waals surface area contributed by atoms with E-state index in [0.29, 0.717) is 17.3 Å². The number of rotatable bonds is 4. The first-order chi connectivity index (χ1) is 12.7. The summed E-state index contributed by atoms with van der Waals surface area (Å²) in [6.45, 7) is 5.07. The molecule has 1 fully saturated rings. The monoisotopic (exact) mass is 351 g/mol. The minimum atomic E-state index is -0.295. The van der Waals surface area contributed by atoms with Gasteiger partial charge in [-0.25, -0.2) is 4.39 Å². The molecule has 5 heteroatoms. The average molecular weight is 351 g/mol. The van der Waals surface area contributed by atoms with Crippen molar-refractivity contribution in [3.63, 3.8) is 0 Å². The first-order valence-corrected chi connectivity index (χ1v) is 9.05. The Morgan fingerprint density at radius 2 is 2.08 bits per heavy atom. The van der Waals surface area contributed by atoms with Gasteiger partial charge in [-0.05, 0) is 49.6 Å². The molecular weight excluding hydrogens is 329 g/mol. The molecular formula is C21H22FN3O. The molecule has 2 heterocycles. The van der Waals surface area contributed by atoms with Gasteiger partial charge in [0.25, 0.3) is 0 Å². The Labute approximate surface area is 152 Å². The van der Waals surface area contributed by atoms with Gasteiger partial charge in [0, 0.05) is 18.7 Å². The number of piperidine rings is 1. The lowest BCUT2D eigenvalue weighted by molar-refractivity contribution is 0.180. The molecule has 4 rings (SSSR count). The van der Waals surface area contributed by atoms with Gasteiger partial charge in [0.2, 0.25) is 11.7 Å². The molecule has 4 nitrogen and oxygen atoms in total. The molecule has 26 heavy (non-hydrogen) atoms. The molecule has 0 bridgehead atoms. The molecule has 3 aromatic rings. The Bertz CT molecular complexity index is 892. The van der Waals surface area contributed by atoms with Crippen LogP contribution in [0.1, 0.15) is 35.8 Å². The SMILES string of the molecule is Cc1ccccc1CN1CCCC(c2nc(-c3cccc(F)c3)no2)C1. The second-order valence-corrected chi connectivity index (χ2v) is 6.97. The minimum absolute atomic E-state index is 0.225. The van der Waals surface area contributed by atoms with Crippen molar-refractivity contribution in [3.8, 4) is 11.4 Å². The standard InChI is InChI=1S/C21H22FN3O/c1-15-6-2-3-7-17(15)13-25-11-5-9-18(14-25)21-23-20(24-26-21)16-8-4-10-19(22)12-16/h2-4,6-8,10,12,18H,5,9,11,13-14H2,1H3. The number of hydrogen-bond donors (Lipinski definition) is 0. The fourth-order valence-corrected chi connectivity index (χ4v) is 3.57. The van der Waals surface area contributed by atoms with E-state index in [1.807, 2.05) is 0 Å². The van der Waals surface area contributed by atoms with E-state index in [1.165, 1.54) is 23.3 Å². The van der Waals surface area contributed by atoms with Crippen LogP contribution in [0, 0.1) is 12.7 Å². The van der Waals surface area contributed by atoms with Crippen LogP contribution in [0.25, 0.3) is 11.4 Å². The third-order valence-corrected chi connectivity index (χ3v) is 5.03. The summed E-state index contributed by atoms with van der Waals surface area (Å²) in [7, 11) is 0. The molecule has 0 saturated carbocycles. The molecule has 1 unspecified atom stereocenters. The van der Waals surface area contributed by atoms with Gasteiger partial charge in [-0.3, -0.25) is 4.90 Å². The van der Waals surface area contributed by atoms with Gasteiger partial charge in [-0.2, -0.15) is 4.98 Å². The Morgan fingerprint density at radius 1 is 1.19 bits per heavy atom. The highest BCUT2D eigenvalue weighted by Gasteiger charge is 2.26. The van der Waals surface area contributed by atoms with E-state index < -0.39 is 0 Å². The zero-order chi connectivity index (χ0) is 17.9. The fraction of sp³-hybridized carbons (Fsp3) is 0.333. The number of likely N-dealkylation sites (tertiary alicyclic amines) is 1. The molecule has 0 N–H and O–H groups in total. The van der Waals surface area contributed by atoms with Gasteiger partial charge in [0.15, 0.2) is 0 Å². The van der Waals surface area contributed by atoms with Crippen molar-refractivity contribution in [2.45, 2.75) is 32.2 Å². The second kappa shape index (κ2) is 7.38. The molecule has 1 aliphatic heterocycles. The van der Waals surface area contributed by atoms with E-state index in [0.717, 1.165) is 32.5 Å². The smallest absolute Gasteiger partial charge is 0.231 e. The molecule has 1 saturated heterocycles. The van der Waals surface area contributed by atoms with Gasteiger partial charge in [0.05, 0.1) is 5.92 Å². The van der Waals surface area contributed by atoms with Gasteiger partial charge >= 0.3 is 0 Å². The minimum Gasteiger partial charge on any atom is -0.339 e. The Morgan fingerprint density at radius 3 is 2.92 bits per heavy atom. The van der Waals surface area contributed by atoms with Crippen molar-refractivity contribution in [1.29, 1.82) is 0 Å². The van der Waals surface area contributed by atoms with Crippen LogP contribution in [0.3, 0.4) is 0 Å². The highest BCUT2D eigenvalue weighted by Crippen LogP contribution is 2.28. The maximum absolute atomic E-state index is 13.4. The summed E-state index contributed by atoms with van der Waals surface area (Å²) < 4.78 is 18.9. The van der Waals surface area contributed by atoms with Crippen molar-refractivity contribution >= 4 is 0 Å². The Kier molecular flexibility index (Phi) is 4.80. The molecule has 134 valence electrons. The summed E-state index contributed by atoms with van der Waals surface area (Å²) in [4.78, 5) is 6.98. The van der Waals surface area contributed by atoms with Crippen LogP contribution >= 0.6 is 0 Å². The van der Waals surface area contributed by atoms with Crippen molar-refractivity contribution in [3.05, 3.63) is 71.4 Å². The zero-order valence-corrected chi connectivity index (χ0v) is 14.9. The summed E-state index contributed by atoms with van der Waals surface area (Å²) in [5.41, 5.74) is 3.33. The van der Waals surface area contributed by atoms with Crippen molar-refractivity contribution in [2.24, 2.45) is 0 Å². The van der Waals surface area contributed by atoms with E-state index in [-0.39, 0.29) is 11.7 Å². The number of aryl methyl sites for hydroxylation is 1. The molecule has 1 atom stereocenters. The van der Waals surface area contributed by atoms with Gasteiger partial charge in [0.1, 0.15) is 5.82 Å². The van der Waals surface area contributed by atoms with Crippen molar-refractivity contribution < 1.29 is 8.91 Å². The van der Waals surface area contributed by atoms with Gasteiger partial charge in [-0.15, -0.1) is 0 Å². The predicted octanol–water partition coefficient (Wildman–Crippen LogP) is 4.56. The van der Waals surface area contributed by atoms with Crippen LogP contribution in [0.2, 0.25) is 0 Å². The highest BCUT2D eigenvalue weighted by atomic mass is 19.1. The average Bonchev–Trinajstić information content (AvgIpc) is 3.14. The zero-order valence-electron chi connectivity index (χ0n) is 14.9. The molecule has 0 radical (unpaired) electrons. The summed E-state index contributed by atoms with van der Waals surface area (Å²) in [6, 6.07) is 14.8. The molecule has 0 spiro atoms. The van der Waals surface area contributed by atoms with Crippen LogP contribution in [0.15, 0.2) is 53.1 Å². The van der Waals surface area contributed by atoms with E-state index in [9.17, 15) is 4.39 Å². The Hall–Kier alpha value is -2.53. The van der Waals surface area contributed by atoms with Crippen molar-refractivity contribution in [1.82, 2.24) is 15.0 Å². The summed E-state index contributed by atoms with van der Waals surface area (Å²) >= 11 is 0. The van der Waals surface area contributed by atoms with E-state index in [2.05, 4.69) is 46.2 Å². The maximum Gasteiger partial charge on any atom is 0.231 e. The van der Waals surface area contributed by atoms with E-state index >= 15 is 0 Å². The summed E-state index contributed by atoms with van der Waals surface area (Å²) in [6.07, 6.45) is 2.14. The summed E-state index contributed by atoms with van der Waals surface area (Å²) in [5.74, 6) is 1.03. The third-order valence-electron chi connectivity index (χ3n) is 5.03. The number of nitrogens with zero attached hydrogens (tertiary/aromatic N) is 3.